The van der Waals surface area contributed by atoms with Crippen LogP contribution in [0.3, 0.4) is 0 Å². The molecule has 4 aliphatic rings. The number of allylic oxidation sites excluding steroid dienone is 4. The molecule has 0 radical (unpaired) electrons. The SMILES string of the molecule is CCCOC(=O)OCC(=O)[C@@]1(OC(=O)OC)[C@H](C)C[C@H]2[C@@H]3CCC4=CC(=O)C=C[C@]4(C)[C@@]3(Cl)C(O)C[C@@]21C. The van der Waals surface area contributed by atoms with Crippen molar-refractivity contribution in [3.63, 3.8) is 0 Å². The molecule has 0 aromatic carbocycles. The molecule has 4 rings (SSSR count). The van der Waals surface area contributed by atoms with Crippen LogP contribution in [0.25, 0.3) is 0 Å². The molecule has 9 nitrogen and oxygen atoms in total. The predicted octanol–water partition coefficient (Wildman–Crippen LogP) is 4.53. The number of Topliss-reactive ketones (excluding diaryl/α,β-unsaturated/α-hetero) is 1. The predicted molar refractivity (Wildman–Crippen MR) is 136 cm³/mol. The number of aliphatic hydroxyl groups excluding tert-OH is 1. The summed E-state index contributed by atoms with van der Waals surface area (Å²) in [5.74, 6) is -1.67. The summed E-state index contributed by atoms with van der Waals surface area (Å²) in [5, 5.41) is 11.8. The van der Waals surface area contributed by atoms with E-state index in [1.54, 1.807) is 12.2 Å². The van der Waals surface area contributed by atoms with Crippen molar-refractivity contribution in [3.8, 4) is 0 Å². The Morgan fingerprint density at radius 3 is 2.53 bits per heavy atom. The number of carbonyl (C=O) groups is 4. The van der Waals surface area contributed by atoms with Crippen LogP contribution in [0.2, 0.25) is 0 Å². The smallest absolute Gasteiger partial charge is 0.438 e. The van der Waals surface area contributed by atoms with Gasteiger partial charge in [0.25, 0.3) is 0 Å². The van der Waals surface area contributed by atoms with E-state index in [2.05, 4.69) is 0 Å². The van der Waals surface area contributed by atoms with Crippen LogP contribution >= 0.6 is 11.6 Å². The van der Waals surface area contributed by atoms with E-state index < -0.39 is 58.0 Å². The van der Waals surface area contributed by atoms with E-state index in [9.17, 15) is 24.3 Å². The van der Waals surface area contributed by atoms with E-state index in [1.807, 2.05) is 27.7 Å². The van der Waals surface area contributed by atoms with Gasteiger partial charge >= 0.3 is 12.3 Å². The van der Waals surface area contributed by atoms with Crippen molar-refractivity contribution in [1.29, 1.82) is 0 Å². The number of hydrogen-bond donors (Lipinski definition) is 1. The van der Waals surface area contributed by atoms with E-state index in [0.717, 1.165) is 12.7 Å². The molecule has 0 aromatic heterocycles. The minimum atomic E-state index is -1.73. The molecular formula is C28H37ClO9. The van der Waals surface area contributed by atoms with E-state index in [4.69, 9.17) is 30.5 Å². The largest absolute Gasteiger partial charge is 0.509 e. The number of carbonyl (C=O) groups excluding carboxylic acids is 4. The summed E-state index contributed by atoms with van der Waals surface area (Å²) < 4.78 is 20.7. The van der Waals surface area contributed by atoms with Crippen LogP contribution in [-0.4, -0.2) is 65.9 Å². The van der Waals surface area contributed by atoms with Crippen LogP contribution < -0.4 is 0 Å². The van der Waals surface area contributed by atoms with Crippen molar-refractivity contribution in [2.75, 3.05) is 20.3 Å². The van der Waals surface area contributed by atoms with Gasteiger partial charge in [0.15, 0.2) is 18.0 Å². The lowest BCUT2D eigenvalue weighted by Crippen LogP contribution is -2.69. The lowest BCUT2D eigenvalue weighted by molar-refractivity contribution is -0.185. The Morgan fingerprint density at radius 1 is 1.16 bits per heavy atom. The Bertz CT molecular complexity index is 1080. The molecule has 0 bridgehead atoms. The van der Waals surface area contributed by atoms with Crippen LogP contribution in [0, 0.1) is 28.6 Å². The highest BCUT2D eigenvalue weighted by Gasteiger charge is 2.76. The number of fused-ring (bicyclic) bond motifs is 5. The van der Waals surface area contributed by atoms with E-state index >= 15 is 0 Å². The number of halogens is 1. The average Bonchev–Trinajstić information content (AvgIpc) is 3.09. The van der Waals surface area contributed by atoms with Gasteiger partial charge in [-0.25, -0.2) is 9.59 Å². The Morgan fingerprint density at radius 2 is 1.87 bits per heavy atom. The summed E-state index contributed by atoms with van der Waals surface area (Å²) in [4.78, 5) is 49.4. The van der Waals surface area contributed by atoms with Gasteiger partial charge < -0.3 is 24.1 Å². The monoisotopic (exact) mass is 552 g/mol. The Kier molecular flexibility index (Phi) is 7.51. The lowest BCUT2D eigenvalue weighted by atomic mass is 9.45. The number of ether oxygens (including phenoxy) is 4. The molecule has 0 aromatic rings. The number of ketones is 2. The standard InChI is InChI=1S/C28H37ClO9/c1-6-11-36-24(34)37-15-22(32)28(38-23(33)35-5)16(2)12-20-19-8-7-17-13-18(30)9-10-25(17,3)27(19,29)21(31)14-26(20,28)4/h9-10,13,16,19-21,31H,6-8,11-12,14-15H2,1-5H3/t16-,19+,20+,21?,25+,26+,27+,28+/m1/s1. The molecule has 0 saturated heterocycles. The number of aliphatic hydroxyl groups is 1. The van der Waals surface area contributed by atoms with Gasteiger partial charge in [-0.3, -0.25) is 9.59 Å². The molecule has 0 heterocycles. The fraction of sp³-hybridized carbons (Fsp3) is 0.714. The first-order valence-electron chi connectivity index (χ1n) is 13.2. The van der Waals surface area contributed by atoms with Gasteiger partial charge in [0, 0.05) is 16.7 Å². The number of hydrogen-bond acceptors (Lipinski definition) is 9. The number of methoxy groups -OCH3 is 1. The van der Waals surface area contributed by atoms with Gasteiger partial charge in [0.1, 0.15) is 0 Å². The molecule has 8 atom stereocenters. The van der Waals surface area contributed by atoms with Gasteiger partial charge in [0.2, 0.25) is 5.78 Å². The summed E-state index contributed by atoms with van der Waals surface area (Å²) >= 11 is 7.47. The molecular weight excluding hydrogens is 516 g/mol. The molecule has 0 aliphatic heterocycles. The van der Waals surface area contributed by atoms with E-state index in [1.165, 1.54) is 6.08 Å². The molecule has 210 valence electrons. The van der Waals surface area contributed by atoms with Gasteiger partial charge in [-0.2, -0.15) is 0 Å². The first kappa shape index (κ1) is 28.6. The molecule has 38 heavy (non-hydrogen) atoms. The molecule has 3 saturated carbocycles. The third-order valence-corrected chi connectivity index (χ3v) is 10.7. The molecule has 3 fully saturated rings. The van der Waals surface area contributed by atoms with Crippen LogP contribution in [-0.2, 0) is 28.5 Å². The van der Waals surface area contributed by atoms with Crippen molar-refractivity contribution in [2.24, 2.45) is 28.6 Å². The maximum Gasteiger partial charge on any atom is 0.509 e. The minimum absolute atomic E-state index is 0.0513. The van der Waals surface area contributed by atoms with Crippen molar-refractivity contribution in [3.05, 3.63) is 23.8 Å². The topological polar surface area (TPSA) is 125 Å². The van der Waals surface area contributed by atoms with Crippen molar-refractivity contribution in [1.82, 2.24) is 0 Å². The Hall–Kier alpha value is -2.39. The maximum absolute atomic E-state index is 13.9. The third-order valence-electron chi connectivity index (χ3n) is 9.75. The zero-order valence-corrected chi connectivity index (χ0v) is 23.3. The molecule has 0 spiro atoms. The number of rotatable bonds is 6. The first-order chi connectivity index (χ1) is 17.8. The van der Waals surface area contributed by atoms with Gasteiger partial charge in [-0.1, -0.05) is 39.3 Å². The molecule has 0 amide bonds. The van der Waals surface area contributed by atoms with Crippen molar-refractivity contribution < 1.29 is 43.2 Å². The van der Waals surface area contributed by atoms with Crippen LogP contribution in [0.5, 0.6) is 0 Å². The number of alkyl halides is 1. The lowest BCUT2D eigenvalue weighted by Gasteiger charge is -2.64. The summed E-state index contributed by atoms with van der Waals surface area (Å²) in [7, 11) is 1.16. The molecule has 10 heteroatoms. The molecule has 4 aliphatic carbocycles. The molecule has 1 unspecified atom stereocenters. The maximum atomic E-state index is 13.9. The fourth-order valence-corrected chi connectivity index (χ4v) is 8.55. The second-order valence-corrected chi connectivity index (χ2v) is 12.1. The highest BCUT2D eigenvalue weighted by Crippen LogP contribution is 2.72. The Balaban J connectivity index is 1.74. The van der Waals surface area contributed by atoms with E-state index in [-0.39, 0.29) is 30.6 Å². The minimum Gasteiger partial charge on any atom is -0.438 e. The zero-order valence-electron chi connectivity index (χ0n) is 22.6. The third kappa shape index (κ3) is 3.91. The van der Waals surface area contributed by atoms with Gasteiger partial charge in [-0.05, 0) is 56.1 Å². The van der Waals surface area contributed by atoms with Crippen LogP contribution in [0.4, 0.5) is 9.59 Å². The van der Waals surface area contributed by atoms with Gasteiger partial charge in [-0.15, -0.1) is 11.6 Å². The normalized spacial score (nSPS) is 41.2. The zero-order chi connectivity index (χ0) is 28.1. The van der Waals surface area contributed by atoms with Crippen molar-refractivity contribution in [2.45, 2.75) is 76.4 Å². The van der Waals surface area contributed by atoms with Crippen LogP contribution in [0.1, 0.15) is 59.8 Å². The second-order valence-electron chi connectivity index (χ2n) is 11.5. The quantitative estimate of drug-likeness (QED) is 0.373. The first-order valence-corrected chi connectivity index (χ1v) is 13.6. The summed E-state index contributed by atoms with van der Waals surface area (Å²) in [5.41, 5.74) is -2.65. The Labute approximate surface area is 227 Å². The molecule has 1 N–H and O–H groups in total. The fourth-order valence-electron chi connectivity index (χ4n) is 8.03. The van der Waals surface area contributed by atoms with Gasteiger partial charge in [0.05, 0.1) is 24.7 Å². The second kappa shape index (κ2) is 9.97. The average molecular weight is 553 g/mol. The highest BCUT2D eigenvalue weighted by molar-refractivity contribution is 6.26. The summed E-state index contributed by atoms with van der Waals surface area (Å²) in [6, 6.07) is 0. The van der Waals surface area contributed by atoms with Crippen molar-refractivity contribution >= 4 is 35.5 Å². The highest BCUT2D eigenvalue weighted by atomic mass is 35.5. The summed E-state index contributed by atoms with van der Waals surface area (Å²) in [6.07, 6.45) is 4.13. The van der Waals surface area contributed by atoms with E-state index in [0.29, 0.717) is 25.7 Å². The summed E-state index contributed by atoms with van der Waals surface area (Å²) in [6.45, 7) is 6.92. The van der Waals surface area contributed by atoms with Crippen LogP contribution in [0.15, 0.2) is 23.8 Å².